The van der Waals surface area contributed by atoms with Crippen molar-refractivity contribution in [2.24, 2.45) is 23.2 Å². The Morgan fingerprint density at radius 1 is 1.16 bits per heavy atom. The number of allylic oxidation sites excluding steroid dienone is 3. The summed E-state index contributed by atoms with van der Waals surface area (Å²) in [6.45, 7) is 24.7. The van der Waals surface area contributed by atoms with Gasteiger partial charge in [0.05, 0.1) is 17.8 Å². The zero-order valence-corrected chi connectivity index (χ0v) is 26.6. The van der Waals surface area contributed by atoms with Crippen molar-refractivity contribution in [1.29, 1.82) is 0 Å². The van der Waals surface area contributed by atoms with Gasteiger partial charge in [-0.15, -0.1) is 0 Å². The third-order valence-electron chi connectivity index (χ3n) is 10.7. The molecule has 3 nitrogen and oxygen atoms in total. The summed E-state index contributed by atoms with van der Waals surface area (Å²) < 4.78 is 6.73. The molecule has 0 unspecified atom stereocenters. The second kappa shape index (κ2) is 11.4. The molecule has 3 rings (SSSR count). The molecule has 3 aliphatic rings. The van der Waals surface area contributed by atoms with Crippen molar-refractivity contribution >= 4 is 8.32 Å². The summed E-state index contributed by atoms with van der Waals surface area (Å²) in [6, 6.07) is 0. The van der Waals surface area contributed by atoms with E-state index in [-0.39, 0.29) is 17.2 Å². The van der Waals surface area contributed by atoms with Gasteiger partial charge >= 0.3 is 0 Å². The van der Waals surface area contributed by atoms with Crippen LogP contribution in [-0.2, 0) is 4.43 Å². The maximum Gasteiger partial charge on any atom is 0.192 e. The molecule has 3 aliphatic carbocycles. The Labute approximate surface area is 230 Å². The number of hydrogen-bond donors (Lipinski definition) is 2. The van der Waals surface area contributed by atoms with Crippen molar-refractivity contribution in [2.45, 2.75) is 149 Å². The van der Waals surface area contributed by atoms with E-state index in [0.717, 1.165) is 24.3 Å². The fourth-order valence-electron chi connectivity index (χ4n) is 7.37. The van der Waals surface area contributed by atoms with Crippen LogP contribution in [0.15, 0.2) is 35.5 Å². The van der Waals surface area contributed by atoms with Gasteiger partial charge in [0.15, 0.2) is 8.32 Å². The molecule has 0 saturated heterocycles. The molecule has 6 atom stereocenters. The molecule has 0 heterocycles. The SMILES string of the molecule is C=C1/C(=C/C=C2\CCC[C@]3(C)[C@@H]([C@H](C)CCCC(C)(C)O)CC[C@@H]23)C[C@@H](O)C[C@@H]1O[Si](C)(C)C(C)(C)C. The molecule has 0 amide bonds. The van der Waals surface area contributed by atoms with Gasteiger partial charge in [0.25, 0.3) is 0 Å². The minimum absolute atomic E-state index is 0.0773. The third-order valence-corrected chi connectivity index (χ3v) is 15.1. The molecule has 0 bridgehead atoms. The zero-order chi connectivity index (χ0) is 27.8. The Morgan fingerprint density at radius 2 is 1.84 bits per heavy atom. The largest absolute Gasteiger partial charge is 0.410 e. The van der Waals surface area contributed by atoms with Crippen molar-refractivity contribution in [3.05, 3.63) is 35.5 Å². The van der Waals surface area contributed by atoms with Crippen molar-refractivity contribution < 1.29 is 14.6 Å². The van der Waals surface area contributed by atoms with Crippen LogP contribution in [0.25, 0.3) is 0 Å². The molecule has 4 heteroatoms. The van der Waals surface area contributed by atoms with Crippen LogP contribution in [0.1, 0.15) is 113 Å². The van der Waals surface area contributed by atoms with Gasteiger partial charge in [0.1, 0.15) is 0 Å². The minimum Gasteiger partial charge on any atom is -0.410 e. The predicted octanol–water partition coefficient (Wildman–Crippen LogP) is 8.73. The van der Waals surface area contributed by atoms with Gasteiger partial charge in [0.2, 0.25) is 0 Å². The number of hydrogen-bond acceptors (Lipinski definition) is 3. The summed E-state index contributed by atoms with van der Waals surface area (Å²) in [5.41, 5.74) is 3.70. The van der Waals surface area contributed by atoms with Crippen LogP contribution in [0.2, 0.25) is 18.1 Å². The average Bonchev–Trinajstić information content (AvgIpc) is 3.10. The predicted molar refractivity (Wildman–Crippen MR) is 160 cm³/mol. The Balaban J connectivity index is 1.73. The summed E-state index contributed by atoms with van der Waals surface area (Å²) >= 11 is 0. The van der Waals surface area contributed by atoms with Gasteiger partial charge < -0.3 is 14.6 Å². The van der Waals surface area contributed by atoms with E-state index in [4.69, 9.17) is 4.43 Å². The van der Waals surface area contributed by atoms with Gasteiger partial charge in [-0.1, -0.05) is 71.8 Å². The first kappa shape index (κ1) is 30.9. The van der Waals surface area contributed by atoms with Crippen LogP contribution in [0, 0.1) is 23.2 Å². The van der Waals surface area contributed by atoms with E-state index in [1.54, 1.807) is 5.57 Å². The third kappa shape index (κ3) is 7.29. The first-order valence-electron chi connectivity index (χ1n) is 15.1. The van der Waals surface area contributed by atoms with Crippen LogP contribution < -0.4 is 0 Å². The van der Waals surface area contributed by atoms with Crippen molar-refractivity contribution in [3.8, 4) is 0 Å². The molecule has 0 aromatic rings. The van der Waals surface area contributed by atoms with Gasteiger partial charge in [-0.25, -0.2) is 0 Å². The molecule has 0 aromatic carbocycles. The molecule has 37 heavy (non-hydrogen) atoms. The number of aliphatic hydroxyl groups is 2. The maximum atomic E-state index is 10.7. The summed E-state index contributed by atoms with van der Waals surface area (Å²) in [7, 11) is -1.94. The van der Waals surface area contributed by atoms with Crippen molar-refractivity contribution in [1.82, 2.24) is 0 Å². The molecule has 0 spiro atoms. The van der Waals surface area contributed by atoms with Crippen LogP contribution in [-0.4, -0.2) is 36.3 Å². The van der Waals surface area contributed by atoms with Gasteiger partial charge in [-0.2, -0.15) is 0 Å². The van der Waals surface area contributed by atoms with Gasteiger partial charge in [-0.05, 0) is 111 Å². The van der Waals surface area contributed by atoms with E-state index in [0.29, 0.717) is 30.1 Å². The second-order valence-electron chi connectivity index (χ2n) is 15.2. The summed E-state index contributed by atoms with van der Waals surface area (Å²) in [4.78, 5) is 0. The standard InChI is InChI=1S/C33H58O3Si/c1-23(13-11-19-32(6,7)35)28-17-18-29-25(14-12-20-33(28,29)8)15-16-26-21-27(34)22-30(24(26)2)36-37(9,10)31(3,4)5/h15-16,23,27-30,34-35H,2,11-14,17-22H2,1,3-10H3/b25-15+,26-16+/t23-,27-,28-,29+,30+,33-/m1/s1. The monoisotopic (exact) mass is 530 g/mol. The Hall–Kier alpha value is -0.683. The van der Waals surface area contributed by atoms with E-state index < -0.39 is 13.9 Å². The van der Waals surface area contributed by atoms with Crippen LogP contribution >= 0.6 is 0 Å². The lowest BCUT2D eigenvalue weighted by Crippen LogP contribution is -2.46. The Bertz CT molecular complexity index is 871. The number of aliphatic hydroxyl groups excluding tert-OH is 1. The normalized spacial score (nSPS) is 34.7. The van der Waals surface area contributed by atoms with Gasteiger partial charge in [0, 0.05) is 6.42 Å². The summed E-state index contributed by atoms with van der Waals surface area (Å²) in [5.74, 6) is 2.14. The van der Waals surface area contributed by atoms with Crippen molar-refractivity contribution in [2.75, 3.05) is 0 Å². The fraction of sp³-hybridized carbons (Fsp3) is 0.818. The molecule has 212 valence electrons. The number of fused-ring (bicyclic) bond motifs is 1. The van der Waals surface area contributed by atoms with E-state index >= 15 is 0 Å². The highest BCUT2D eigenvalue weighted by Crippen LogP contribution is 2.60. The van der Waals surface area contributed by atoms with E-state index in [1.807, 2.05) is 13.8 Å². The van der Waals surface area contributed by atoms with Gasteiger partial charge in [-0.3, -0.25) is 0 Å². The van der Waals surface area contributed by atoms with E-state index in [1.165, 1.54) is 44.1 Å². The topological polar surface area (TPSA) is 49.7 Å². The quantitative estimate of drug-likeness (QED) is 0.308. The Morgan fingerprint density at radius 3 is 2.46 bits per heavy atom. The molecular formula is C33H58O3Si. The van der Waals surface area contributed by atoms with E-state index in [2.05, 4.69) is 66.4 Å². The van der Waals surface area contributed by atoms with Crippen LogP contribution in [0.4, 0.5) is 0 Å². The molecule has 0 aromatic heterocycles. The zero-order valence-electron chi connectivity index (χ0n) is 25.6. The van der Waals surface area contributed by atoms with Crippen LogP contribution in [0.3, 0.4) is 0 Å². The minimum atomic E-state index is -1.94. The summed E-state index contributed by atoms with van der Waals surface area (Å²) in [6.07, 6.45) is 15.2. The number of rotatable bonds is 8. The molecule has 2 N–H and O–H groups in total. The molecular weight excluding hydrogens is 472 g/mol. The highest BCUT2D eigenvalue weighted by molar-refractivity contribution is 6.74. The van der Waals surface area contributed by atoms with E-state index in [9.17, 15) is 10.2 Å². The highest BCUT2D eigenvalue weighted by Gasteiger charge is 2.50. The molecule has 0 radical (unpaired) electrons. The molecule has 0 aliphatic heterocycles. The Kier molecular flexibility index (Phi) is 9.53. The smallest absolute Gasteiger partial charge is 0.192 e. The second-order valence-corrected chi connectivity index (χ2v) is 20.0. The maximum absolute atomic E-state index is 10.7. The lowest BCUT2D eigenvalue weighted by Gasteiger charge is -2.44. The lowest BCUT2D eigenvalue weighted by atomic mass is 9.60. The summed E-state index contributed by atoms with van der Waals surface area (Å²) in [5, 5.41) is 21.0. The fourth-order valence-corrected chi connectivity index (χ4v) is 8.67. The molecule has 3 fully saturated rings. The average molecular weight is 531 g/mol. The first-order chi connectivity index (χ1) is 16.9. The molecule has 3 saturated carbocycles. The van der Waals surface area contributed by atoms with Crippen molar-refractivity contribution in [3.63, 3.8) is 0 Å². The highest BCUT2D eigenvalue weighted by atomic mass is 28.4. The first-order valence-corrected chi connectivity index (χ1v) is 18.0. The van der Waals surface area contributed by atoms with Crippen LogP contribution in [0.5, 0.6) is 0 Å². The lowest BCUT2D eigenvalue weighted by molar-refractivity contribution is 0.0596.